The highest BCUT2D eigenvalue weighted by atomic mass is 16.5. The second kappa shape index (κ2) is 6.64. The Labute approximate surface area is 155 Å². The highest BCUT2D eigenvalue weighted by Gasteiger charge is 2.61. The van der Waals surface area contributed by atoms with Crippen LogP contribution in [0.15, 0.2) is 59.6 Å². The van der Waals surface area contributed by atoms with Crippen LogP contribution in [0.2, 0.25) is 0 Å². The van der Waals surface area contributed by atoms with E-state index in [-0.39, 0.29) is 35.1 Å². The van der Waals surface area contributed by atoms with Crippen molar-refractivity contribution in [3.8, 4) is 5.75 Å². The van der Waals surface area contributed by atoms with Gasteiger partial charge in [-0.3, -0.25) is 4.79 Å². The molecule has 2 heterocycles. The Hall–Kier alpha value is -3.55. The minimum Gasteiger partial charge on any atom is -0.465 e. The molecule has 0 fully saturated rings. The van der Waals surface area contributed by atoms with E-state index in [0.717, 1.165) is 7.11 Å². The van der Waals surface area contributed by atoms with Gasteiger partial charge in [-0.2, -0.15) is 0 Å². The van der Waals surface area contributed by atoms with Gasteiger partial charge in [-0.05, 0) is 13.0 Å². The molecule has 27 heavy (non-hydrogen) atoms. The lowest BCUT2D eigenvalue weighted by atomic mass is 9.67. The first kappa shape index (κ1) is 18.2. The number of carbonyl (C=O) groups is 3. The molecule has 1 amide bonds. The molecule has 2 aliphatic heterocycles. The van der Waals surface area contributed by atoms with Gasteiger partial charge in [0.2, 0.25) is 11.8 Å². The number of methoxy groups -OCH3 is 1. The molecule has 1 atom stereocenters. The van der Waals surface area contributed by atoms with Gasteiger partial charge in [-0.25, -0.2) is 9.59 Å². The van der Waals surface area contributed by atoms with E-state index in [0.29, 0.717) is 5.56 Å². The van der Waals surface area contributed by atoms with E-state index in [1.165, 1.54) is 6.08 Å². The molecule has 1 unspecified atom stereocenters. The van der Waals surface area contributed by atoms with Crippen molar-refractivity contribution < 1.29 is 28.6 Å². The quantitative estimate of drug-likeness (QED) is 0.594. The predicted molar refractivity (Wildman–Crippen MR) is 94.0 cm³/mol. The lowest BCUT2D eigenvalue weighted by Crippen LogP contribution is -2.48. The van der Waals surface area contributed by atoms with Crippen LogP contribution in [0.1, 0.15) is 12.5 Å². The van der Waals surface area contributed by atoms with E-state index in [9.17, 15) is 14.4 Å². The van der Waals surface area contributed by atoms with E-state index in [1.54, 1.807) is 31.2 Å². The van der Waals surface area contributed by atoms with Crippen molar-refractivity contribution in [3.63, 3.8) is 0 Å². The molecule has 1 aromatic carbocycles. The standard InChI is InChI=1S/C19H18N2O6/c1-4-9-26-17(23)13-10(2)21-18(24)19(13)11-7-5-6-8-12(11)27-15(20)14(19)16(22)25-3/h4-8H,1,9,20H2,2-3H3,(H,21,24). The minimum atomic E-state index is -1.84. The minimum absolute atomic E-state index is 0.0477. The van der Waals surface area contributed by atoms with Crippen molar-refractivity contribution in [2.75, 3.05) is 13.7 Å². The van der Waals surface area contributed by atoms with Gasteiger partial charge < -0.3 is 25.3 Å². The van der Waals surface area contributed by atoms with Crippen molar-refractivity contribution in [2.24, 2.45) is 5.73 Å². The smallest absolute Gasteiger partial charge is 0.340 e. The molecule has 2 aliphatic rings. The van der Waals surface area contributed by atoms with Gasteiger partial charge in [0.1, 0.15) is 23.3 Å². The Morgan fingerprint density at radius 1 is 1.30 bits per heavy atom. The van der Waals surface area contributed by atoms with Gasteiger partial charge in [-0.15, -0.1) is 0 Å². The Morgan fingerprint density at radius 3 is 2.67 bits per heavy atom. The Kier molecular flexibility index (Phi) is 4.49. The number of allylic oxidation sites excluding steroid dienone is 1. The summed E-state index contributed by atoms with van der Waals surface area (Å²) in [7, 11) is 1.15. The molecule has 0 saturated carbocycles. The summed E-state index contributed by atoms with van der Waals surface area (Å²) in [4.78, 5) is 38.6. The summed E-state index contributed by atoms with van der Waals surface area (Å²) in [5, 5.41) is 2.62. The molecule has 0 saturated heterocycles. The largest absolute Gasteiger partial charge is 0.465 e. The summed E-state index contributed by atoms with van der Waals surface area (Å²) < 4.78 is 15.5. The molecule has 140 valence electrons. The van der Waals surface area contributed by atoms with Gasteiger partial charge in [-0.1, -0.05) is 30.9 Å². The zero-order valence-electron chi connectivity index (χ0n) is 14.8. The zero-order valence-corrected chi connectivity index (χ0v) is 14.8. The molecule has 1 spiro atoms. The maximum Gasteiger partial charge on any atom is 0.340 e. The number of nitrogens with two attached hydrogens (primary N) is 1. The fourth-order valence-corrected chi connectivity index (χ4v) is 3.44. The van der Waals surface area contributed by atoms with Gasteiger partial charge in [0.05, 0.1) is 12.7 Å². The van der Waals surface area contributed by atoms with Crippen molar-refractivity contribution in [2.45, 2.75) is 12.3 Å². The number of nitrogens with one attached hydrogen (secondary N) is 1. The van der Waals surface area contributed by atoms with Crippen molar-refractivity contribution in [1.82, 2.24) is 5.32 Å². The SMILES string of the molecule is C=CCOC(=O)C1=C(C)NC(=O)C12C(C(=O)OC)=C(N)Oc1ccccc12. The fraction of sp³-hybridized carbons (Fsp3) is 0.211. The highest BCUT2D eigenvalue weighted by molar-refractivity contribution is 6.17. The first-order chi connectivity index (χ1) is 12.9. The Balaban J connectivity index is 2.36. The molecule has 3 rings (SSSR count). The molecule has 0 bridgehead atoms. The molecule has 8 heteroatoms. The second-order valence-corrected chi connectivity index (χ2v) is 5.92. The van der Waals surface area contributed by atoms with Gasteiger partial charge in [0.25, 0.3) is 0 Å². The maximum absolute atomic E-state index is 13.2. The van der Waals surface area contributed by atoms with E-state index in [2.05, 4.69) is 11.9 Å². The van der Waals surface area contributed by atoms with Crippen LogP contribution in [0.3, 0.4) is 0 Å². The number of rotatable bonds is 4. The number of ether oxygens (including phenoxy) is 3. The summed E-state index contributed by atoms with van der Waals surface area (Å²) in [6, 6.07) is 6.52. The lowest BCUT2D eigenvalue weighted by Gasteiger charge is -2.35. The Morgan fingerprint density at radius 2 is 2.00 bits per heavy atom. The molecule has 0 radical (unpaired) electrons. The van der Waals surface area contributed by atoms with E-state index < -0.39 is 23.3 Å². The van der Waals surface area contributed by atoms with Crippen LogP contribution in [0, 0.1) is 0 Å². The topological polar surface area (TPSA) is 117 Å². The number of esters is 2. The maximum atomic E-state index is 13.2. The first-order valence-electron chi connectivity index (χ1n) is 8.06. The van der Waals surface area contributed by atoms with Gasteiger partial charge in [0, 0.05) is 11.3 Å². The van der Waals surface area contributed by atoms with E-state index >= 15 is 0 Å². The number of fused-ring (bicyclic) bond motifs is 2. The zero-order chi connectivity index (χ0) is 19.8. The molecule has 1 aromatic rings. The lowest BCUT2D eigenvalue weighted by molar-refractivity contribution is -0.141. The number of para-hydroxylation sites is 1. The predicted octanol–water partition coefficient (Wildman–Crippen LogP) is 0.793. The van der Waals surface area contributed by atoms with Crippen molar-refractivity contribution >= 4 is 17.8 Å². The van der Waals surface area contributed by atoms with Gasteiger partial charge in [0.15, 0.2) is 0 Å². The number of amides is 1. The third-order valence-corrected chi connectivity index (χ3v) is 4.45. The van der Waals surface area contributed by atoms with Crippen LogP contribution in [0.25, 0.3) is 0 Å². The number of carbonyl (C=O) groups excluding carboxylic acids is 3. The summed E-state index contributed by atoms with van der Waals surface area (Å²) in [5.41, 5.74) is 4.36. The monoisotopic (exact) mass is 370 g/mol. The third-order valence-electron chi connectivity index (χ3n) is 4.45. The van der Waals surface area contributed by atoms with Crippen LogP contribution in [0.5, 0.6) is 5.75 Å². The number of hydrogen-bond acceptors (Lipinski definition) is 7. The fourth-order valence-electron chi connectivity index (χ4n) is 3.44. The van der Waals surface area contributed by atoms with Crippen LogP contribution in [-0.4, -0.2) is 31.6 Å². The van der Waals surface area contributed by atoms with E-state index in [4.69, 9.17) is 19.9 Å². The second-order valence-electron chi connectivity index (χ2n) is 5.92. The van der Waals surface area contributed by atoms with Crippen LogP contribution < -0.4 is 15.8 Å². The summed E-state index contributed by atoms with van der Waals surface area (Å²) in [6.45, 7) is 4.98. The first-order valence-corrected chi connectivity index (χ1v) is 8.06. The molecular weight excluding hydrogens is 352 g/mol. The summed E-state index contributed by atoms with van der Waals surface area (Å²) in [6.07, 6.45) is 1.40. The summed E-state index contributed by atoms with van der Waals surface area (Å²) in [5.74, 6) is -2.36. The summed E-state index contributed by atoms with van der Waals surface area (Å²) >= 11 is 0. The molecule has 8 nitrogen and oxygen atoms in total. The molecule has 0 aliphatic carbocycles. The Bertz CT molecular complexity index is 930. The van der Waals surface area contributed by atoms with Crippen molar-refractivity contribution in [3.05, 3.63) is 65.2 Å². The normalized spacial score (nSPS) is 20.7. The molecule has 0 aromatic heterocycles. The van der Waals surface area contributed by atoms with Crippen molar-refractivity contribution in [1.29, 1.82) is 0 Å². The number of hydrogen-bond donors (Lipinski definition) is 2. The van der Waals surface area contributed by atoms with Crippen LogP contribution >= 0.6 is 0 Å². The average Bonchev–Trinajstić information content (AvgIpc) is 2.90. The molecular formula is C19H18N2O6. The molecule has 3 N–H and O–H groups in total. The third kappa shape index (κ3) is 2.49. The highest BCUT2D eigenvalue weighted by Crippen LogP contribution is 2.51. The van der Waals surface area contributed by atoms with E-state index in [1.807, 2.05) is 0 Å². The van der Waals surface area contributed by atoms with Gasteiger partial charge >= 0.3 is 11.9 Å². The van der Waals surface area contributed by atoms with Crippen LogP contribution in [-0.2, 0) is 29.3 Å². The number of benzene rings is 1. The average molecular weight is 370 g/mol. The van der Waals surface area contributed by atoms with Crippen LogP contribution in [0.4, 0.5) is 0 Å².